The number of aromatic nitrogens is 3. The van der Waals surface area contributed by atoms with Crippen LogP contribution in [0, 0.1) is 0 Å². The molecule has 0 aliphatic carbocycles. The summed E-state index contributed by atoms with van der Waals surface area (Å²) in [4.78, 5) is 4.28. The van der Waals surface area contributed by atoms with Gasteiger partial charge in [-0.2, -0.15) is 5.10 Å². The largest absolute Gasteiger partial charge is 0.307 e. The highest BCUT2D eigenvalue weighted by Gasteiger charge is 2.10. The van der Waals surface area contributed by atoms with Crippen LogP contribution in [0.3, 0.4) is 0 Å². The Morgan fingerprint density at radius 3 is 2.81 bits per heavy atom. The molecule has 1 atom stereocenters. The van der Waals surface area contributed by atoms with Crippen molar-refractivity contribution < 1.29 is 0 Å². The molecule has 0 saturated heterocycles. The van der Waals surface area contributed by atoms with Crippen molar-refractivity contribution in [3.05, 3.63) is 12.2 Å². The second-order valence-electron chi connectivity index (χ2n) is 4.18. The highest BCUT2D eigenvalue weighted by Crippen LogP contribution is 2.06. The van der Waals surface area contributed by atoms with E-state index in [1.54, 1.807) is 6.33 Å². The predicted octanol–water partition coefficient (Wildman–Crippen LogP) is 2.51. The smallest absolute Gasteiger partial charge is 0.141 e. The van der Waals surface area contributed by atoms with E-state index in [0.29, 0.717) is 12.1 Å². The van der Waals surface area contributed by atoms with Crippen LogP contribution in [0.5, 0.6) is 0 Å². The third kappa shape index (κ3) is 3.87. The number of alkyl halides is 1. The first-order chi connectivity index (χ1) is 7.69. The minimum absolute atomic E-state index is 0.371. The molecule has 1 rings (SSSR count). The highest BCUT2D eigenvalue weighted by molar-refractivity contribution is 9.09. The first-order valence-electron chi connectivity index (χ1n) is 5.86. The van der Waals surface area contributed by atoms with Gasteiger partial charge in [-0.05, 0) is 26.7 Å². The quantitative estimate of drug-likeness (QED) is 0.784. The normalized spacial score (nSPS) is 13.3. The standard InChI is InChI=1S/C11H21BrN4/c1-4-10(5-6-12)13-7-11-14-8-15-16(11)9(2)3/h8-10,13H,4-7H2,1-3H3. The molecule has 1 N–H and O–H groups in total. The van der Waals surface area contributed by atoms with Gasteiger partial charge in [0.1, 0.15) is 12.2 Å². The van der Waals surface area contributed by atoms with Gasteiger partial charge in [-0.1, -0.05) is 22.9 Å². The molecular formula is C11H21BrN4. The summed E-state index contributed by atoms with van der Waals surface area (Å²) in [6.07, 6.45) is 3.91. The van der Waals surface area contributed by atoms with E-state index in [0.717, 1.165) is 30.5 Å². The number of hydrogen-bond donors (Lipinski definition) is 1. The van der Waals surface area contributed by atoms with Crippen molar-refractivity contribution in [2.24, 2.45) is 0 Å². The van der Waals surface area contributed by atoms with Crippen molar-refractivity contribution in [3.8, 4) is 0 Å². The topological polar surface area (TPSA) is 42.7 Å². The van der Waals surface area contributed by atoms with E-state index in [-0.39, 0.29) is 0 Å². The lowest BCUT2D eigenvalue weighted by Crippen LogP contribution is -2.29. The van der Waals surface area contributed by atoms with E-state index in [1.165, 1.54) is 0 Å². The van der Waals surface area contributed by atoms with E-state index >= 15 is 0 Å². The molecule has 0 radical (unpaired) electrons. The summed E-state index contributed by atoms with van der Waals surface area (Å²) in [6, 6.07) is 0.923. The minimum Gasteiger partial charge on any atom is -0.307 e. The maximum Gasteiger partial charge on any atom is 0.141 e. The zero-order valence-electron chi connectivity index (χ0n) is 10.3. The number of halogens is 1. The molecule has 0 fully saturated rings. The van der Waals surface area contributed by atoms with E-state index < -0.39 is 0 Å². The lowest BCUT2D eigenvalue weighted by atomic mass is 10.2. The Kier molecular flexibility index (Phi) is 5.98. The van der Waals surface area contributed by atoms with Crippen LogP contribution >= 0.6 is 15.9 Å². The molecule has 1 aromatic rings. The fourth-order valence-electron chi connectivity index (χ4n) is 1.65. The molecule has 0 aromatic carbocycles. The Morgan fingerprint density at radius 2 is 2.25 bits per heavy atom. The second-order valence-corrected chi connectivity index (χ2v) is 4.97. The number of rotatable bonds is 7. The second kappa shape index (κ2) is 7.01. The van der Waals surface area contributed by atoms with E-state index in [1.807, 2.05) is 4.68 Å². The van der Waals surface area contributed by atoms with Gasteiger partial charge in [-0.15, -0.1) is 0 Å². The van der Waals surface area contributed by atoms with Gasteiger partial charge in [0, 0.05) is 17.4 Å². The molecule has 5 heteroatoms. The first-order valence-corrected chi connectivity index (χ1v) is 6.98. The Labute approximate surface area is 106 Å². The molecule has 1 unspecified atom stereocenters. The van der Waals surface area contributed by atoms with Crippen LogP contribution in [0.4, 0.5) is 0 Å². The zero-order valence-corrected chi connectivity index (χ0v) is 11.9. The lowest BCUT2D eigenvalue weighted by Gasteiger charge is -2.16. The Balaban J connectivity index is 2.49. The summed E-state index contributed by atoms with van der Waals surface area (Å²) < 4.78 is 1.97. The molecule has 1 heterocycles. The maximum atomic E-state index is 4.28. The molecular weight excluding hydrogens is 268 g/mol. The fraction of sp³-hybridized carbons (Fsp3) is 0.818. The van der Waals surface area contributed by atoms with Crippen molar-refractivity contribution in [2.75, 3.05) is 5.33 Å². The highest BCUT2D eigenvalue weighted by atomic mass is 79.9. The summed E-state index contributed by atoms with van der Waals surface area (Å²) in [5.41, 5.74) is 0. The average Bonchev–Trinajstić information content (AvgIpc) is 2.72. The van der Waals surface area contributed by atoms with Gasteiger partial charge in [0.25, 0.3) is 0 Å². The number of hydrogen-bond acceptors (Lipinski definition) is 3. The van der Waals surface area contributed by atoms with Gasteiger partial charge >= 0.3 is 0 Å². The molecule has 4 nitrogen and oxygen atoms in total. The summed E-state index contributed by atoms with van der Waals surface area (Å²) >= 11 is 3.47. The van der Waals surface area contributed by atoms with Gasteiger partial charge in [0.15, 0.2) is 0 Å². The average molecular weight is 289 g/mol. The number of nitrogens with zero attached hydrogens (tertiary/aromatic N) is 3. The van der Waals surface area contributed by atoms with Crippen LogP contribution < -0.4 is 5.32 Å². The lowest BCUT2D eigenvalue weighted by molar-refractivity contribution is 0.445. The van der Waals surface area contributed by atoms with E-state index in [2.05, 4.69) is 52.1 Å². The minimum atomic E-state index is 0.371. The molecule has 1 aromatic heterocycles. The predicted molar refractivity (Wildman–Crippen MR) is 69.7 cm³/mol. The van der Waals surface area contributed by atoms with Gasteiger partial charge in [-0.3, -0.25) is 0 Å². The van der Waals surface area contributed by atoms with Crippen LogP contribution in [-0.2, 0) is 6.54 Å². The van der Waals surface area contributed by atoms with Crippen LogP contribution in [0.25, 0.3) is 0 Å². The number of nitrogens with one attached hydrogen (secondary N) is 1. The third-order valence-corrected chi connectivity index (χ3v) is 3.09. The van der Waals surface area contributed by atoms with Crippen molar-refractivity contribution in [1.29, 1.82) is 0 Å². The van der Waals surface area contributed by atoms with Gasteiger partial charge < -0.3 is 5.32 Å². The first kappa shape index (κ1) is 13.6. The van der Waals surface area contributed by atoms with Crippen molar-refractivity contribution >= 4 is 15.9 Å². The summed E-state index contributed by atoms with van der Waals surface area (Å²) in [6.45, 7) is 7.24. The SMILES string of the molecule is CCC(CCBr)NCc1ncnn1C(C)C. The Hall–Kier alpha value is -0.420. The van der Waals surface area contributed by atoms with Crippen LogP contribution in [0.1, 0.15) is 45.5 Å². The summed E-state index contributed by atoms with van der Waals surface area (Å²) in [7, 11) is 0. The molecule has 0 saturated carbocycles. The third-order valence-electron chi connectivity index (χ3n) is 2.64. The molecule has 16 heavy (non-hydrogen) atoms. The Bertz CT molecular complexity index is 298. The van der Waals surface area contributed by atoms with Crippen LogP contribution in [-0.4, -0.2) is 26.1 Å². The van der Waals surface area contributed by atoms with Crippen molar-refractivity contribution in [1.82, 2.24) is 20.1 Å². The molecule has 0 bridgehead atoms. The zero-order chi connectivity index (χ0) is 12.0. The molecule has 92 valence electrons. The summed E-state index contributed by atoms with van der Waals surface area (Å²) in [5, 5.41) is 8.77. The molecule has 0 aliphatic rings. The van der Waals surface area contributed by atoms with E-state index in [4.69, 9.17) is 0 Å². The van der Waals surface area contributed by atoms with Gasteiger partial charge in [0.2, 0.25) is 0 Å². The van der Waals surface area contributed by atoms with Gasteiger partial charge in [-0.25, -0.2) is 9.67 Å². The van der Waals surface area contributed by atoms with Crippen LogP contribution in [0.2, 0.25) is 0 Å². The van der Waals surface area contributed by atoms with Crippen LogP contribution in [0.15, 0.2) is 6.33 Å². The molecule has 0 spiro atoms. The van der Waals surface area contributed by atoms with Crippen molar-refractivity contribution in [2.45, 2.75) is 52.2 Å². The fourth-order valence-corrected chi connectivity index (χ4v) is 2.20. The van der Waals surface area contributed by atoms with Crippen molar-refractivity contribution in [3.63, 3.8) is 0 Å². The summed E-state index contributed by atoms with van der Waals surface area (Å²) in [5.74, 6) is 1.02. The monoisotopic (exact) mass is 288 g/mol. The maximum absolute atomic E-state index is 4.28. The Morgan fingerprint density at radius 1 is 1.50 bits per heavy atom. The van der Waals surface area contributed by atoms with E-state index in [9.17, 15) is 0 Å². The molecule has 0 amide bonds. The van der Waals surface area contributed by atoms with Gasteiger partial charge in [0.05, 0.1) is 6.54 Å². The molecule has 0 aliphatic heterocycles.